The van der Waals surface area contributed by atoms with Crippen LogP contribution in [-0.4, -0.2) is 35.5 Å². The summed E-state index contributed by atoms with van der Waals surface area (Å²) in [6.45, 7) is 5.62. The molecule has 0 saturated carbocycles. The molecule has 0 amide bonds. The van der Waals surface area contributed by atoms with Crippen molar-refractivity contribution in [1.29, 1.82) is 0 Å². The molecule has 1 aliphatic rings. The summed E-state index contributed by atoms with van der Waals surface area (Å²) in [4.78, 5) is 2.51. The Balaban J connectivity index is 2.16. The molecule has 2 heterocycles. The highest BCUT2D eigenvalue weighted by atomic mass is 15.3. The third-order valence-electron chi connectivity index (χ3n) is 3.81. The summed E-state index contributed by atoms with van der Waals surface area (Å²) in [6.07, 6.45) is 5.61. The van der Waals surface area contributed by atoms with Crippen molar-refractivity contribution in [2.75, 3.05) is 18.5 Å². The van der Waals surface area contributed by atoms with Crippen LogP contribution in [-0.2, 0) is 13.5 Å². The van der Waals surface area contributed by atoms with Crippen molar-refractivity contribution in [3.63, 3.8) is 0 Å². The fourth-order valence-corrected chi connectivity index (χ4v) is 2.81. The van der Waals surface area contributed by atoms with Gasteiger partial charge in [-0.15, -0.1) is 0 Å². The van der Waals surface area contributed by atoms with Crippen LogP contribution in [0.25, 0.3) is 0 Å². The van der Waals surface area contributed by atoms with Gasteiger partial charge in [-0.3, -0.25) is 4.68 Å². The lowest BCUT2D eigenvalue weighted by atomic mass is 9.97. The van der Waals surface area contributed by atoms with Crippen LogP contribution in [0.4, 0.5) is 5.69 Å². The maximum absolute atomic E-state index is 4.54. The molecule has 0 bridgehead atoms. The fraction of sp³-hybridized carbons (Fsp3) is 0.769. The van der Waals surface area contributed by atoms with Gasteiger partial charge in [0.1, 0.15) is 0 Å². The zero-order valence-corrected chi connectivity index (χ0v) is 11.4. The van der Waals surface area contributed by atoms with Crippen LogP contribution in [0.3, 0.4) is 0 Å². The Kier molecular flexibility index (Phi) is 3.72. The van der Waals surface area contributed by atoms with Gasteiger partial charge in [0.15, 0.2) is 0 Å². The molecular weight excluding hydrogens is 212 g/mol. The maximum Gasteiger partial charge on any atom is 0.0855 e. The number of nitrogens with one attached hydrogen (secondary N) is 1. The van der Waals surface area contributed by atoms with Crippen molar-refractivity contribution in [3.05, 3.63) is 11.9 Å². The van der Waals surface area contributed by atoms with Crippen LogP contribution >= 0.6 is 0 Å². The van der Waals surface area contributed by atoms with E-state index in [4.69, 9.17) is 0 Å². The van der Waals surface area contributed by atoms with Crippen LogP contribution in [0.15, 0.2) is 6.20 Å². The van der Waals surface area contributed by atoms with Gasteiger partial charge in [-0.2, -0.15) is 5.10 Å². The standard InChI is InChI=1S/C13H24N4/c1-5-12-13(9-16(4)15-12)17-7-6-11(14-3)8-10(17)2/h9-11,14H,5-8H2,1-4H3. The Morgan fingerprint density at radius 1 is 1.53 bits per heavy atom. The van der Waals surface area contributed by atoms with Crippen LogP contribution < -0.4 is 10.2 Å². The average molecular weight is 236 g/mol. The second-order valence-corrected chi connectivity index (χ2v) is 5.04. The first kappa shape index (κ1) is 12.4. The first-order chi connectivity index (χ1) is 8.15. The summed E-state index contributed by atoms with van der Waals surface area (Å²) >= 11 is 0. The topological polar surface area (TPSA) is 33.1 Å². The van der Waals surface area contributed by atoms with Crippen molar-refractivity contribution in [3.8, 4) is 0 Å². The van der Waals surface area contributed by atoms with E-state index in [2.05, 4.69) is 42.4 Å². The van der Waals surface area contributed by atoms with Gasteiger partial charge >= 0.3 is 0 Å². The largest absolute Gasteiger partial charge is 0.366 e. The average Bonchev–Trinajstić information content (AvgIpc) is 2.70. The molecule has 96 valence electrons. The number of hydrogen-bond acceptors (Lipinski definition) is 3. The van der Waals surface area contributed by atoms with E-state index in [0.717, 1.165) is 13.0 Å². The fourth-order valence-electron chi connectivity index (χ4n) is 2.81. The number of piperidine rings is 1. The van der Waals surface area contributed by atoms with Crippen molar-refractivity contribution in [2.45, 2.75) is 45.2 Å². The quantitative estimate of drug-likeness (QED) is 0.864. The van der Waals surface area contributed by atoms with Crippen molar-refractivity contribution in [2.24, 2.45) is 7.05 Å². The molecule has 1 saturated heterocycles. The van der Waals surface area contributed by atoms with E-state index >= 15 is 0 Å². The number of hydrogen-bond donors (Lipinski definition) is 1. The second kappa shape index (κ2) is 5.08. The van der Waals surface area contributed by atoms with E-state index in [0.29, 0.717) is 12.1 Å². The van der Waals surface area contributed by atoms with Gasteiger partial charge in [-0.05, 0) is 33.2 Å². The maximum atomic E-state index is 4.54. The Morgan fingerprint density at radius 3 is 2.88 bits per heavy atom. The highest BCUT2D eigenvalue weighted by Gasteiger charge is 2.26. The van der Waals surface area contributed by atoms with Gasteiger partial charge in [0.05, 0.1) is 11.4 Å². The molecule has 0 spiro atoms. The monoisotopic (exact) mass is 236 g/mol. The minimum atomic E-state index is 0.593. The van der Waals surface area contributed by atoms with Crippen LogP contribution in [0.5, 0.6) is 0 Å². The second-order valence-electron chi connectivity index (χ2n) is 5.04. The molecule has 2 unspecified atom stereocenters. The molecule has 1 aromatic rings. The molecule has 0 aliphatic carbocycles. The van der Waals surface area contributed by atoms with E-state index in [1.807, 2.05) is 11.7 Å². The molecule has 1 aromatic heterocycles. The molecule has 4 heteroatoms. The van der Waals surface area contributed by atoms with Crippen molar-refractivity contribution < 1.29 is 0 Å². The molecule has 1 aliphatic heterocycles. The molecule has 17 heavy (non-hydrogen) atoms. The molecule has 1 N–H and O–H groups in total. The lowest BCUT2D eigenvalue weighted by Crippen LogP contribution is -2.46. The zero-order valence-electron chi connectivity index (χ0n) is 11.4. The van der Waals surface area contributed by atoms with Gasteiger partial charge in [0.25, 0.3) is 0 Å². The van der Waals surface area contributed by atoms with E-state index in [1.54, 1.807) is 0 Å². The lowest BCUT2D eigenvalue weighted by Gasteiger charge is -2.39. The van der Waals surface area contributed by atoms with E-state index in [-0.39, 0.29) is 0 Å². The first-order valence-electron chi connectivity index (χ1n) is 6.62. The Labute approximate surface area is 104 Å². The van der Waals surface area contributed by atoms with Gasteiger partial charge in [0.2, 0.25) is 0 Å². The molecular formula is C13H24N4. The summed E-state index contributed by atoms with van der Waals surface area (Å²) in [5, 5.41) is 7.93. The molecule has 2 rings (SSSR count). The smallest absolute Gasteiger partial charge is 0.0855 e. The Bertz CT molecular complexity index is 371. The number of aromatic nitrogens is 2. The SMILES string of the molecule is CCc1nn(C)cc1N1CCC(NC)CC1C. The van der Waals surface area contributed by atoms with Crippen LogP contribution in [0.1, 0.15) is 32.4 Å². The minimum absolute atomic E-state index is 0.593. The number of anilines is 1. The highest BCUT2D eigenvalue weighted by molar-refractivity contribution is 5.50. The van der Waals surface area contributed by atoms with Gasteiger partial charge in [-0.1, -0.05) is 6.92 Å². The predicted molar refractivity (Wildman–Crippen MR) is 71.5 cm³/mol. The van der Waals surface area contributed by atoms with E-state index < -0.39 is 0 Å². The molecule has 1 fully saturated rings. The van der Waals surface area contributed by atoms with Crippen molar-refractivity contribution in [1.82, 2.24) is 15.1 Å². The van der Waals surface area contributed by atoms with Gasteiger partial charge < -0.3 is 10.2 Å². The number of rotatable bonds is 3. The minimum Gasteiger partial charge on any atom is -0.366 e. The van der Waals surface area contributed by atoms with Crippen LogP contribution in [0.2, 0.25) is 0 Å². The zero-order chi connectivity index (χ0) is 12.4. The third-order valence-corrected chi connectivity index (χ3v) is 3.81. The normalized spacial score (nSPS) is 25.3. The van der Waals surface area contributed by atoms with Gasteiger partial charge in [0, 0.05) is 31.9 Å². The van der Waals surface area contributed by atoms with Gasteiger partial charge in [-0.25, -0.2) is 0 Å². The number of nitrogens with zero attached hydrogens (tertiary/aromatic N) is 3. The van der Waals surface area contributed by atoms with E-state index in [1.165, 1.54) is 24.2 Å². The third kappa shape index (κ3) is 2.46. The van der Waals surface area contributed by atoms with Crippen molar-refractivity contribution >= 4 is 5.69 Å². The molecule has 0 aromatic carbocycles. The van der Waals surface area contributed by atoms with Crippen LogP contribution in [0, 0.1) is 0 Å². The first-order valence-corrected chi connectivity index (χ1v) is 6.62. The van der Waals surface area contributed by atoms with E-state index in [9.17, 15) is 0 Å². The summed E-state index contributed by atoms with van der Waals surface area (Å²) in [7, 11) is 4.07. The number of aryl methyl sites for hydroxylation is 2. The Hall–Kier alpha value is -1.03. The molecule has 0 radical (unpaired) electrons. The lowest BCUT2D eigenvalue weighted by molar-refractivity contribution is 0.386. The predicted octanol–water partition coefficient (Wildman–Crippen LogP) is 1.56. The molecule has 2 atom stereocenters. The summed E-state index contributed by atoms with van der Waals surface area (Å²) < 4.78 is 1.94. The molecule has 4 nitrogen and oxygen atoms in total. The summed E-state index contributed by atoms with van der Waals surface area (Å²) in [5.41, 5.74) is 2.55. The summed E-state index contributed by atoms with van der Waals surface area (Å²) in [6, 6.07) is 1.26. The Morgan fingerprint density at radius 2 is 2.29 bits per heavy atom. The summed E-state index contributed by atoms with van der Waals surface area (Å²) in [5.74, 6) is 0. The highest BCUT2D eigenvalue weighted by Crippen LogP contribution is 2.27.